The maximum absolute atomic E-state index is 12.4. The number of benzene rings is 1. The van der Waals surface area contributed by atoms with Gasteiger partial charge in [-0.15, -0.1) is 0 Å². The number of rotatable bonds is 5. The second-order valence-corrected chi connectivity index (χ2v) is 6.20. The Bertz CT molecular complexity index is 516. The molecule has 5 heteroatoms. The topological polar surface area (TPSA) is 61.4 Å². The molecule has 0 spiro atoms. The Kier molecular flexibility index (Phi) is 5.55. The maximum Gasteiger partial charge on any atom is 0.265 e. The fraction of sp³-hybridized carbons (Fsp3) is 0.529. The number of amides is 2. The van der Waals surface area contributed by atoms with Crippen molar-refractivity contribution in [1.29, 1.82) is 0 Å². The van der Waals surface area contributed by atoms with Crippen molar-refractivity contribution in [1.82, 2.24) is 15.8 Å². The molecular formula is C17H25N3O2. The molecular weight excluding hydrogens is 278 g/mol. The van der Waals surface area contributed by atoms with Gasteiger partial charge in [-0.3, -0.25) is 15.0 Å². The highest BCUT2D eigenvalue weighted by Crippen LogP contribution is 2.16. The molecule has 1 aromatic carbocycles. The van der Waals surface area contributed by atoms with Crippen LogP contribution in [0.25, 0.3) is 0 Å². The molecule has 2 unspecified atom stereocenters. The van der Waals surface area contributed by atoms with Crippen molar-refractivity contribution in [2.24, 2.45) is 5.92 Å². The lowest BCUT2D eigenvalue weighted by atomic mass is 10.1. The summed E-state index contributed by atoms with van der Waals surface area (Å²) in [5, 5.41) is 4.79. The summed E-state index contributed by atoms with van der Waals surface area (Å²) < 4.78 is 0. The van der Waals surface area contributed by atoms with E-state index < -0.39 is 0 Å². The van der Waals surface area contributed by atoms with E-state index in [0.29, 0.717) is 18.0 Å². The van der Waals surface area contributed by atoms with Gasteiger partial charge in [-0.25, -0.2) is 5.01 Å². The Morgan fingerprint density at radius 3 is 2.50 bits per heavy atom. The van der Waals surface area contributed by atoms with E-state index in [1.807, 2.05) is 25.1 Å². The molecule has 1 fully saturated rings. The summed E-state index contributed by atoms with van der Waals surface area (Å²) in [6.07, 6.45) is 1.68. The number of nitrogens with zero attached hydrogens (tertiary/aromatic N) is 1. The van der Waals surface area contributed by atoms with Crippen LogP contribution in [0.15, 0.2) is 30.3 Å². The van der Waals surface area contributed by atoms with Crippen LogP contribution >= 0.6 is 0 Å². The van der Waals surface area contributed by atoms with Gasteiger partial charge in [0.15, 0.2) is 0 Å². The second kappa shape index (κ2) is 7.40. The third kappa shape index (κ3) is 4.07. The monoisotopic (exact) mass is 303 g/mol. The van der Waals surface area contributed by atoms with Crippen LogP contribution in [0.2, 0.25) is 0 Å². The minimum absolute atomic E-state index is 0.00735. The standard InChI is InChI=1S/C17H25N3O2/c1-12(2)13(3)18-17(22)15-10-7-11-20(15)19-16(21)14-8-5-4-6-9-14/h4-6,8-9,12-13,15H,7,10-11H2,1-3H3,(H,18,22)(H,19,21). The molecule has 2 amide bonds. The number of hydrogen-bond donors (Lipinski definition) is 2. The normalized spacial score (nSPS) is 19.9. The maximum atomic E-state index is 12.4. The van der Waals surface area contributed by atoms with Crippen LogP contribution in [-0.4, -0.2) is 35.5 Å². The first-order valence-electron chi connectivity index (χ1n) is 7.92. The Morgan fingerprint density at radius 1 is 1.18 bits per heavy atom. The molecule has 0 saturated carbocycles. The van der Waals surface area contributed by atoms with Crippen molar-refractivity contribution in [2.75, 3.05) is 6.54 Å². The zero-order valence-electron chi connectivity index (χ0n) is 13.5. The number of carbonyl (C=O) groups excluding carboxylic acids is 2. The zero-order chi connectivity index (χ0) is 16.1. The van der Waals surface area contributed by atoms with Crippen LogP contribution in [0.3, 0.4) is 0 Å². The summed E-state index contributed by atoms with van der Waals surface area (Å²) in [6, 6.07) is 8.90. The molecule has 2 rings (SSSR count). The van der Waals surface area contributed by atoms with Crippen LogP contribution < -0.4 is 10.7 Å². The van der Waals surface area contributed by atoms with Crippen molar-refractivity contribution >= 4 is 11.8 Å². The predicted octanol–water partition coefficient (Wildman–Crippen LogP) is 1.96. The Balaban J connectivity index is 1.96. The third-order valence-corrected chi connectivity index (χ3v) is 4.21. The van der Waals surface area contributed by atoms with Gasteiger partial charge in [0.25, 0.3) is 5.91 Å². The molecule has 120 valence electrons. The number of nitrogens with one attached hydrogen (secondary N) is 2. The average molecular weight is 303 g/mol. The molecule has 5 nitrogen and oxygen atoms in total. The quantitative estimate of drug-likeness (QED) is 0.874. The van der Waals surface area contributed by atoms with Crippen LogP contribution in [0.4, 0.5) is 0 Å². The third-order valence-electron chi connectivity index (χ3n) is 4.21. The van der Waals surface area contributed by atoms with Crippen LogP contribution in [0, 0.1) is 5.92 Å². The van der Waals surface area contributed by atoms with Crippen molar-refractivity contribution in [3.05, 3.63) is 35.9 Å². The van der Waals surface area contributed by atoms with Gasteiger partial charge in [-0.05, 0) is 37.8 Å². The van der Waals surface area contributed by atoms with Gasteiger partial charge in [0.1, 0.15) is 6.04 Å². The molecule has 0 aromatic heterocycles. The van der Waals surface area contributed by atoms with Gasteiger partial charge in [-0.1, -0.05) is 32.0 Å². The molecule has 0 bridgehead atoms. The Hall–Kier alpha value is -1.88. The van der Waals surface area contributed by atoms with Crippen LogP contribution in [0.1, 0.15) is 44.0 Å². The van der Waals surface area contributed by atoms with Gasteiger partial charge < -0.3 is 5.32 Å². The van der Waals surface area contributed by atoms with Crippen molar-refractivity contribution < 1.29 is 9.59 Å². The Morgan fingerprint density at radius 2 is 1.86 bits per heavy atom. The lowest BCUT2D eigenvalue weighted by Gasteiger charge is -2.26. The summed E-state index contributed by atoms with van der Waals surface area (Å²) in [4.78, 5) is 24.6. The molecule has 1 aromatic rings. The minimum Gasteiger partial charge on any atom is -0.352 e. The van der Waals surface area contributed by atoms with E-state index in [-0.39, 0.29) is 23.9 Å². The van der Waals surface area contributed by atoms with E-state index in [4.69, 9.17) is 0 Å². The highest BCUT2D eigenvalue weighted by molar-refractivity contribution is 5.94. The SMILES string of the molecule is CC(C)C(C)NC(=O)C1CCCN1NC(=O)c1ccccc1. The molecule has 2 N–H and O–H groups in total. The zero-order valence-corrected chi connectivity index (χ0v) is 13.5. The average Bonchev–Trinajstić information content (AvgIpc) is 2.96. The molecule has 1 aliphatic rings. The molecule has 0 aliphatic carbocycles. The second-order valence-electron chi connectivity index (χ2n) is 6.20. The van der Waals surface area contributed by atoms with E-state index in [2.05, 4.69) is 24.6 Å². The lowest BCUT2D eigenvalue weighted by Crippen LogP contribution is -2.53. The van der Waals surface area contributed by atoms with E-state index >= 15 is 0 Å². The lowest BCUT2D eigenvalue weighted by molar-refractivity contribution is -0.127. The summed E-state index contributed by atoms with van der Waals surface area (Å²) in [6.45, 7) is 6.86. The van der Waals surface area contributed by atoms with Gasteiger partial charge in [0, 0.05) is 18.2 Å². The van der Waals surface area contributed by atoms with Crippen LogP contribution in [0.5, 0.6) is 0 Å². The highest BCUT2D eigenvalue weighted by atomic mass is 16.2. The largest absolute Gasteiger partial charge is 0.352 e. The highest BCUT2D eigenvalue weighted by Gasteiger charge is 2.32. The van der Waals surface area contributed by atoms with Gasteiger partial charge in [0.2, 0.25) is 5.91 Å². The van der Waals surface area contributed by atoms with Crippen molar-refractivity contribution in [3.8, 4) is 0 Å². The first-order chi connectivity index (χ1) is 10.5. The van der Waals surface area contributed by atoms with Gasteiger partial charge >= 0.3 is 0 Å². The summed E-state index contributed by atoms with van der Waals surface area (Å²) in [5.74, 6) is 0.210. The van der Waals surface area contributed by atoms with Crippen LogP contribution in [-0.2, 0) is 4.79 Å². The fourth-order valence-electron chi connectivity index (χ4n) is 2.44. The molecule has 22 heavy (non-hydrogen) atoms. The first kappa shape index (κ1) is 16.5. The Labute approximate surface area is 132 Å². The first-order valence-corrected chi connectivity index (χ1v) is 7.92. The smallest absolute Gasteiger partial charge is 0.265 e. The predicted molar refractivity (Wildman–Crippen MR) is 86.1 cm³/mol. The van der Waals surface area contributed by atoms with Gasteiger partial charge in [0.05, 0.1) is 0 Å². The number of hydrogen-bond acceptors (Lipinski definition) is 3. The summed E-state index contributed by atoms with van der Waals surface area (Å²) in [5.41, 5.74) is 3.46. The molecule has 1 saturated heterocycles. The molecule has 1 aliphatic heterocycles. The molecule has 0 radical (unpaired) electrons. The fourth-order valence-corrected chi connectivity index (χ4v) is 2.44. The number of hydrazine groups is 1. The van der Waals surface area contributed by atoms with E-state index in [1.54, 1.807) is 17.1 Å². The number of carbonyl (C=O) groups is 2. The van der Waals surface area contributed by atoms with Crippen molar-refractivity contribution in [3.63, 3.8) is 0 Å². The summed E-state index contributed by atoms with van der Waals surface area (Å²) >= 11 is 0. The van der Waals surface area contributed by atoms with Gasteiger partial charge in [-0.2, -0.15) is 0 Å². The van der Waals surface area contributed by atoms with E-state index in [9.17, 15) is 9.59 Å². The minimum atomic E-state index is -0.283. The summed E-state index contributed by atoms with van der Waals surface area (Å²) in [7, 11) is 0. The molecule has 1 heterocycles. The van der Waals surface area contributed by atoms with E-state index in [1.165, 1.54) is 0 Å². The van der Waals surface area contributed by atoms with Crippen molar-refractivity contribution in [2.45, 2.75) is 45.7 Å². The molecule has 2 atom stereocenters. The van der Waals surface area contributed by atoms with E-state index in [0.717, 1.165) is 12.8 Å².